The zero-order valence-electron chi connectivity index (χ0n) is 8.58. The lowest BCUT2D eigenvalue weighted by atomic mass is 10.1. The summed E-state index contributed by atoms with van der Waals surface area (Å²) < 4.78 is 0.793. The van der Waals surface area contributed by atoms with Gasteiger partial charge in [0.15, 0.2) is 5.52 Å². The van der Waals surface area contributed by atoms with Gasteiger partial charge in [0, 0.05) is 12.0 Å². The Kier molecular flexibility index (Phi) is 2.84. The molecule has 1 aromatic heterocycles. The largest absolute Gasteiger partial charge is 0.393 e. The van der Waals surface area contributed by atoms with E-state index in [9.17, 15) is 15.2 Å². The van der Waals surface area contributed by atoms with E-state index in [4.69, 9.17) is 0 Å². The maximum absolute atomic E-state index is 11.0. The predicted octanol–water partition coefficient (Wildman–Crippen LogP) is 2.13. The lowest BCUT2D eigenvalue weighted by molar-refractivity contribution is -0.384. The molecule has 0 aliphatic heterocycles. The summed E-state index contributed by atoms with van der Waals surface area (Å²) in [5.41, 5.74) is 2.54. The maximum Gasteiger partial charge on any atom is 0.299 e. The van der Waals surface area contributed by atoms with Crippen LogP contribution >= 0.6 is 11.3 Å². The van der Waals surface area contributed by atoms with Crippen molar-refractivity contribution < 1.29 is 10.0 Å². The number of aliphatic hydroxyl groups excluding tert-OH is 1. The molecule has 2 aromatic rings. The monoisotopic (exact) mass is 238 g/mol. The fraction of sp³-hybridized carbons (Fsp3) is 0.300. The average Bonchev–Trinajstić information content (AvgIpc) is 2.63. The molecule has 1 atom stereocenters. The van der Waals surface area contributed by atoms with Crippen molar-refractivity contribution in [3.05, 3.63) is 33.3 Å². The molecule has 0 aliphatic carbocycles. The molecule has 0 fully saturated rings. The Balaban J connectivity index is 2.63. The molecule has 0 amide bonds. The molecule has 5 nitrogen and oxygen atoms in total. The van der Waals surface area contributed by atoms with Crippen LogP contribution in [-0.4, -0.2) is 21.1 Å². The van der Waals surface area contributed by atoms with Gasteiger partial charge >= 0.3 is 0 Å². The van der Waals surface area contributed by atoms with Crippen LogP contribution in [0.15, 0.2) is 17.6 Å². The smallest absolute Gasteiger partial charge is 0.299 e. The Morgan fingerprint density at radius 3 is 3.00 bits per heavy atom. The number of hydrogen-bond donors (Lipinski definition) is 1. The minimum Gasteiger partial charge on any atom is -0.393 e. The van der Waals surface area contributed by atoms with E-state index in [1.807, 2.05) is 0 Å². The molecule has 0 spiro atoms. The van der Waals surface area contributed by atoms with Crippen LogP contribution in [-0.2, 0) is 6.42 Å². The van der Waals surface area contributed by atoms with E-state index in [0.29, 0.717) is 11.1 Å². The van der Waals surface area contributed by atoms with Gasteiger partial charge in [0.25, 0.3) is 5.69 Å². The second kappa shape index (κ2) is 4.15. The summed E-state index contributed by atoms with van der Waals surface area (Å²) in [6, 6.07) is 3.49. The van der Waals surface area contributed by atoms with Crippen molar-refractivity contribution in [2.75, 3.05) is 0 Å². The molecule has 0 saturated carbocycles. The van der Waals surface area contributed by atoms with Crippen LogP contribution in [0.1, 0.15) is 12.5 Å². The van der Waals surface area contributed by atoms with Gasteiger partial charge in [-0.25, -0.2) is 4.98 Å². The second-order valence-corrected chi connectivity index (χ2v) is 4.47. The number of rotatable bonds is 3. The number of thiazole rings is 1. The zero-order chi connectivity index (χ0) is 11.7. The average molecular weight is 238 g/mol. The topological polar surface area (TPSA) is 76.3 Å². The molecule has 0 saturated heterocycles. The fourth-order valence-electron chi connectivity index (χ4n) is 1.65. The van der Waals surface area contributed by atoms with Crippen molar-refractivity contribution in [1.29, 1.82) is 0 Å². The van der Waals surface area contributed by atoms with Gasteiger partial charge in [0.2, 0.25) is 0 Å². The third-order valence-electron chi connectivity index (χ3n) is 2.26. The van der Waals surface area contributed by atoms with Gasteiger partial charge in [0.1, 0.15) is 0 Å². The Morgan fingerprint density at radius 1 is 1.62 bits per heavy atom. The lowest BCUT2D eigenvalue weighted by Gasteiger charge is -2.05. The number of aromatic nitrogens is 1. The van der Waals surface area contributed by atoms with Gasteiger partial charge in [-0.15, -0.1) is 11.3 Å². The van der Waals surface area contributed by atoms with Gasteiger partial charge in [0.05, 0.1) is 21.2 Å². The number of aliphatic hydroxyl groups is 1. The van der Waals surface area contributed by atoms with Crippen LogP contribution in [0.2, 0.25) is 0 Å². The SMILES string of the molecule is CC(O)Cc1ccc2scnc2c1[N+](=O)[O-]. The second-order valence-electron chi connectivity index (χ2n) is 3.58. The highest BCUT2D eigenvalue weighted by Gasteiger charge is 2.21. The summed E-state index contributed by atoms with van der Waals surface area (Å²) in [7, 11) is 0. The molecule has 6 heteroatoms. The molecule has 0 bridgehead atoms. The van der Waals surface area contributed by atoms with Gasteiger partial charge in [-0.2, -0.15) is 0 Å². The van der Waals surface area contributed by atoms with Crippen LogP contribution in [0.5, 0.6) is 0 Å². The summed E-state index contributed by atoms with van der Waals surface area (Å²) in [5, 5.41) is 20.3. The number of nitrogens with zero attached hydrogens (tertiary/aromatic N) is 2. The van der Waals surface area contributed by atoms with Gasteiger partial charge in [-0.1, -0.05) is 6.07 Å². The molecule has 16 heavy (non-hydrogen) atoms. The molecule has 2 rings (SSSR count). The van der Waals surface area contributed by atoms with Crippen LogP contribution < -0.4 is 0 Å². The maximum atomic E-state index is 11.0. The standard InChI is InChI=1S/C10H10N2O3S/c1-6(13)4-7-2-3-8-9(11-5-16-8)10(7)12(14)15/h2-3,5-6,13H,4H2,1H3. The van der Waals surface area contributed by atoms with Crippen molar-refractivity contribution in [1.82, 2.24) is 4.98 Å². The molecule has 1 unspecified atom stereocenters. The van der Waals surface area contributed by atoms with E-state index >= 15 is 0 Å². The van der Waals surface area contributed by atoms with Crippen molar-refractivity contribution in [3.8, 4) is 0 Å². The third kappa shape index (κ3) is 1.89. The molecule has 1 heterocycles. The lowest BCUT2D eigenvalue weighted by Crippen LogP contribution is -2.06. The van der Waals surface area contributed by atoms with Crippen molar-refractivity contribution in [2.24, 2.45) is 0 Å². The Labute approximate surface area is 95.5 Å². The first-order chi connectivity index (χ1) is 7.59. The number of nitro benzene ring substituents is 1. The molecule has 1 N–H and O–H groups in total. The summed E-state index contributed by atoms with van der Waals surface area (Å²) >= 11 is 1.37. The molecular formula is C10H10N2O3S. The molecule has 0 radical (unpaired) electrons. The first-order valence-electron chi connectivity index (χ1n) is 4.77. The molecule has 1 aromatic carbocycles. The number of nitro groups is 1. The highest BCUT2D eigenvalue weighted by Crippen LogP contribution is 2.31. The van der Waals surface area contributed by atoms with E-state index in [2.05, 4.69) is 4.98 Å². The number of benzene rings is 1. The summed E-state index contributed by atoms with van der Waals surface area (Å²) in [6.45, 7) is 1.61. The van der Waals surface area contributed by atoms with Gasteiger partial charge < -0.3 is 5.11 Å². The van der Waals surface area contributed by atoms with Gasteiger partial charge in [-0.3, -0.25) is 10.1 Å². The van der Waals surface area contributed by atoms with Crippen molar-refractivity contribution >= 4 is 27.2 Å². The van der Waals surface area contributed by atoms with E-state index in [-0.39, 0.29) is 12.1 Å². The highest BCUT2D eigenvalue weighted by molar-refractivity contribution is 7.16. The Bertz CT molecular complexity index is 536. The fourth-order valence-corrected chi connectivity index (χ4v) is 2.32. The molecular weight excluding hydrogens is 228 g/mol. The van der Waals surface area contributed by atoms with Gasteiger partial charge in [-0.05, 0) is 13.0 Å². The summed E-state index contributed by atoms with van der Waals surface area (Å²) in [5.74, 6) is 0. The van der Waals surface area contributed by atoms with Crippen molar-refractivity contribution in [2.45, 2.75) is 19.4 Å². The van der Waals surface area contributed by atoms with Crippen LogP contribution in [0.4, 0.5) is 5.69 Å². The highest BCUT2D eigenvalue weighted by atomic mass is 32.1. The molecule has 0 aliphatic rings. The van der Waals surface area contributed by atoms with E-state index in [1.54, 1.807) is 24.6 Å². The Hall–Kier alpha value is -1.53. The zero-order valence-corrected chi connectivity index (χ0v) is 9.40. The first-order valence-corrected chi connectivity index (χ1v) is 5.65. The van der Waals surface area contributed by atoms with Crippen LogP contribution in [0.3, 0.4) is 0 Å². The van der Waals surface area contributed by atoms with Crippen LogP contribution in [0.25, 0.3) is 10.2 Å². The normalized spacial score (nSPS) is 12.9. The number of fused-ring (bicyclic) bond motifs is 1. The Morgan fingerprint density at radius 2 is 2.38 bits per heavy atom. The third-order valence-corrected chi connectivity index (χ3v) is 3.05. The van der Waals surface area contributed by atoms with Crippen LogP contribution in [0, 0.1) is 10.1 Å². The minimum absolute atomic E-state index is 0.0136. The summed E-state index contributed by atoms with van der Waals surface area (Å²) in [4.78, 5) is 14.6. The predicted molar refractivity (Wildman–Crippen MR) is 61.7 cm³/mol. The first kappa shape index (κ1) is 11.0. The van der Waals surface area contributed by atoms with Crippen molar-refractivity contribution in [3.63, 3.8) is 0 Å². The molecule has 84 valence electrons. The minimum atomic E-state index is -0.602. The number of hydrogen-bond acceptors (Lipinski definition) is 5. The van der Waals surface area contributed by atoms with E-state index in [0.717, 1.165) is 4.70 Å². The van der Waals surface area contributed by atoms with E-state index in [1.165, 1.54) is 11.3 Å². The van der Waals surface area contributed by atoms with E-state index < -0.39 is 11.0 Å². The summed E-state index contributed by atoms with van der Waals surface area (Å²) in [6.07, 6.45) is -0.334. The quantitative estimate of drug-likeness (QED) is 0.656.